The van der Waals surface area contributed by atoms with Crippen LogP contribution in [0.25, 0.3) is 0 Å². The van der Waals surface area contributed by atoms with Crippen LogP contribution in [0.5, 0.6) is 11.5 Å². The van der Waals surface area contributed by atoms with Crippen LogP contribution in [0.2, 0.25) is 5.02 Å². The number of methoxy groups -OCH3 is 1. The summed E-state index contributed by atoms with van der Waals surface area (Å²) in [7, 11) is 1.67. The average Bonchev–Trinajstić information content (AvgIpc) is 2.74. The van der Waals surface area contributed by atoms with E-state index in [2.05, 4.69) is 50.0 Å². The molecule has 30 heavy (non-hydrogen) atoms. The summed E-state index contributed by atoms with van der Waals surface area (Å²) >= 11 is 5.97. The molecule has 0 spiro atoms. The molecule has 3 rings (SSSR count). The predicted octanol–water partition coefficient (Wildman–Crippen LogP) is 6.89. The monoisotopic (exact) mass is 421 g/mol. The summed E-state index contributed by atoms with van der Waals surface area (Å²) in [5, 5.41) is 4.25. The van der Waals surface area contributed by atoms with E-state index < -0.39 is 0 Å². The Morgan fingerprint density at radius 1 is 1.00 bits per heavy atom. The van der Waals surface area contributed by atoms with Crippen LogP contribution in [0, 0.1) is 13.8 Å². The Morgan fingerprint density at radius 3 is 2.47 bits per heavy atom. The van der Waals surface area contributed by atoms with Gasteiger partial charge in [0.25, 0.3) is 0 Å². The number of aryl methyl sites for hydroxylation is 2. The van der Waals surface area contributed by atoms with Crippen molar-refractivity contribution in [3.05, 3.63) is 100 Å². The molecule has 0 fully saturated rings. The largest absolute Gasteiger partial charge is 0.493 e. The maximum atomic E-state index is 6.15. The van der Waals surface area contributed by atoms with E-state index in [-0.39, 0.29) is 0 Å². The van der Waals surface area contributed by atoms with Crippen LogP contribution in [0.1, 0.15) is 27.8 Å². The standard InChI is InChI=1S/C26H28ClNO2/c1-5-6-22-14-21(16-28-24-13-18(2)7-8-19(24)3)15-25(29-4)26(22)30-17-20-9-11-23(27)12-10-20/h5,7-15,28H,1,6,16-17H2,2-4H3. The molecule has 156 valence electrons. The van der Waals surface area contributed by atoms with Crippen LogP contribution in [0.4, 0.5) is 5.69 Å². The van der Waals surface area contributed by atoms with Gasteiger partial charge in [0.2, 0.25) is 0 Å². The summed E-state index contributed by atoms with van der Waals surface area (Å²) < 4.78 is 11.8. The van der Waals surface area contributed by atoms with Crippen LogP contribution >= 0.6 is 11.6 Å². The fraction of sp³-hybridized carbons (Fsp3) is 0.231. The zero-order chi connectivity index (χ0) is 21.5. The average molecular weight is 422 g/mol. The van der Waals surface area contributed by atoms with Crippen molar-refractivity contribution in [2.24, 2.45) is 0 Å². The SMILES string of the molecule is C=CCc1cc(CNc2cc(C)ccc2C)cc(OC)c1OCc1ccc(Cl)cc1. The van der Waals surface area contributed by atoms with Crippen LogP contribution < -0.4 is 14.8 Å². The highest BCUT2D eigenvalue weighted by Gasteiger charge is 2.13. The minimum atomic E-state index is 0.442. The smallest absolute Gasteiger partial charge is 0.165 e. The number of allylic oxidation sites excluding steroid dienone is 1. The maximum Gasteiger partial charge on any atom is 0.165 e. The predicted molar refractivity (Wildman–Crippen MR) is 126 cm³/mol. The van der Waals surface area contributed by atoms with Crippen LogP contribution in [-0.2, 0) is 19.6 Å². The first kappa shape index (κ1) is 21.8. The second-order valence-electron chi connectivity index (χ2n) is 7.37. The Hall–Kier alpha value is -2.91. The lowest BCUT2D eigenvalue weighted by Gasteiger charge is -2.18. The van der Waals surface area contributed by atoms with E-state index >= 15 is 0 Å². The minimum absolute atomic E-state index is 0.442. The summed E-state index contributed by atoms with van der Waals surface area (Å²) in [4.78, 5) is 0. The molecule has 0 saturated heterocycles. The van der Waals surface area contributed by atoms with E-state index in [0.29, 0.717) is 24.6 Å². The first-order chi connectivity index (χ1) is 14.5. The Labute approximate surface area is 184 Å². The summed E-state index contributed by atoms with van der Waals surface area (Å²) in [6.45, 7) is 9.25. The van der Waals surface area contributed by atoms with E-state index in [9.17, 15) is 0 Å². The van der Waals surface area contributed by atoms with Gasteiger partial charge in [-0.25, -0.2) is 0 Å². The molecule has 3 nitrogen and oxygen atoms in total. The third-order valence-electron chi connectivity index (χ3n) is 4.95. The van der Waals surface area contributed by atoms with Crippen molar-refractivity contribution < 1.29 is 9.47 Å². The fourth-order valence-corrected chi connectivity index (χ4v) is 3.43. The van der Waals surface area contributed by atoms with Gasteiger partial charge in [0.05, 0.1) is 7.11 Å². The zero-order valence-electron chi connectivity index (χ0n) is 17.8. The van der Waals surface area contributed by atoms with Crippen molar-refractivity contribution in [1.82, 2.24) is 0 Å². The fourth-order valence-electron chi connectivity index (χ4n) is 3.31. The van der Waals surface area contributed by atoms with Gasteiger partial charge in [-0.3, -0.25) is 0 Å². The Bertz CT molecular complexity index is 1010. The molecule has 0 aliphatic carbocycles. The summed E-state index contributed by atoms with van der Waals surface area (Å²) in [5.74, 6) is 1.48. The van der Waals surface area contributed by atoms with Gasteiger partial charge < -0.3 is 14.8 Å². The molecule has 0 unspecified atom stereocenters. The Morgan fingerprint density at radius 2 is 1.77 bits per heavy atom. The van der Waals surface area contributed by atoms with Gasteiger partial charge >= 0.3 is 0 Å². The van der Waals surface area contributed by atoms with Crippen molar-refractivity contribution in [3.63, 3.8) is 0 Å². The van der Waals surface area contributed by atoms with Crippen LogP contribution in [0.15, 0.2) is 67.3 Å². The molecule has 0 aliphatic rings. The Kier molecular flexibility index (Phi) is 7.42. The number of halogens is 1. The molecule has 0 heterocycles. The van der Waals surface area contributed by atoms with Gasteiger partial charge in [-0.05, 0) is 72.9 Å². The second-order valence-corrected chi connectivity index (χ2v) is 7.80. The van der Waals surface area contributed by atoms with E-state index in [1.54, 1.807) is 7.11 Å². The molecule has 4 heteroatoms. The van der Waals surface area contributed by atoms with E-state index in [1.807, 2.05) is 36.4 Å². The molecule has 1 N–H and O–H groups in total. The molecule has 0 radical (unpaired) electrons. The third-order valence-corrected chi connectivity index (χ3v) is 5.20. The van der Waals surface area contributed by atoms with Gasteiger partial charge in [0.1, 0.15) is 6.61 Å². The molecule has 0 saturated carbocycles. The minimum Gasteiger partial charge on any atom is -0.493 e. The van der Waals surface area contributed by atoms with Crippen molar-refractivity contribution in [2.75, 3.05) is 12.4 Å². The van der Waals surface area contributed by atoms with Crippen molar-refractivity contribution >= 4 is 17.3 Å². The van der Waals surface area contributed by atoms with Gasteiger partial charge in [-0.1, -0.05) is 41.9 Å². The maximum absolute atomic E-state index is 6.15. The topological polar surface area (TPSA) is 30.5 Å². The summed E-state index contributed by atoms with van der Waals surface area (Å²) in [6, 6.07) is 18.3. The third kappa shape index (κ3) is 5.58. The molecule has 0 aliphatic heterocycles. The Balaban J connectivity index is 1.82. The van der Waals surface area contributed by atoms with Crippen molar-refractivity contribution in [1.29, 1.82) is 0 Å². The first-order valence-corrected chi connectivity index (χ1v) is 10.4. The van der Waals surface area contributed by atoms with Gasteiger partial charge in [-0.2, -0.15) is 0 Å². The van der Waals surface area contributed by atoms with Crippen LogP contribution in [0.3, 0.4) is 0 Å². The number of rotatable bonds is 9. The number of hydrogen-bond donors (Lipinski definition) is 1. The lowest BCUT2D eigenvalue weighted by Crippen LogP contribution is -2.05. The highest BCUT2D eigenvalue weighted by Crippen LogP contribution is 2.34. The quantitative estimate of drug-likeness (QED) is 0.382. The second kappa shape index (κ2) is 10.2. The zero-order valence-corrected chi connectivity index (χ0v) is 18.6. The highest BCUT2D eigenvalue weighted by molar-refractivity contribution is 6.30. The highest BCUT2D eigenvalue weighted by atomic mass is 35.5. The number of nitrogens with one attached hydrogen (secondary N) is 1. The van der Waals surface area contributed by atoms with Gasteiger partial charge in [0, 0.05) is 22.8 Å². The van der Waals surface area contributed by atoms with Crippen LogP contribution in [-0.4, -0.2) is 7.11 Å². The number of ether oxygens (including phenoxy) is 2. The summed E-state index contributed by atoms with van der Waals surface area (Å²) in [6.07, 6.45) is 2.58. The molecular weight excluding hydrogens is 394 g/mol. The molecule has 0 aromatic heterocycles. The van der Waals surface area contributed by atoms with E-state index in [4.69, 9.17) is 21.1 Å². The number of benzene rings is 3. The molecule has 0 bridgehead atoms. The van der Waals surface area contributed by atoms with Crippen molar-refractivity contribution in [3.8, 4) is 11.5 Å². The molecule has 3 aromatic rings. The molecular formula is C26H28ClNO2. The van der Waals surface area contributed by atoms with Crippen molar-refractivity contribution in [2.45, 2.75) is 33.4 Å². The molecule has 3 aromatic carbocycles. The van der Waals surface area contributed by atoms with Gasteiger partial charge in [0.15, 0.2) is 11.5 Å². The number of hydrogen-bond acceptors (Lipinski definition) is 3. The summed E-state index contributed by atoms with van der Waals surface area (Å²) in [5.41, 5.74) is 6.83. The lowest BCUT2D eigenvalue weighted by atomic mass is 10.0. The lowest BCUT2D eigenvalue weighted by molar-refractivity contribution is 0.281. The molecule has 0 atom stereocenters. The first-order valence-electron chi connectivity index (χ1n) is 9.99. The van der Waals surface area contributed by atoms with E-state index in [0.717, 1.165) is 33.9 Å². The number of anilines is 1. The van der Waals surface area contributed by atoms with E-state index in [1.165, 1.54) is 11.1 Å². The normalized spacial score (nSPS) is 10.5. The van der Waals surface area contributed by atoms with Gasteiger partial charge in [-0.15, -0.1) is 6.58 Å². The molecule has 0 amide bonds.